The Hall–Kier alpha value is -4.85. The van der Waals surface area contributed by atoms with E-state index in [-0.39, 0.29) is 24.0 Å². The lowest BCUT2D eigenvalue weighted by Gasteiger charge is -2.13. The highest BCUT2D eigenvalue weighted by molar-refractivity contribution is 6.09. The number of hydrazone groups is 1. The number of anilines is 1. The van der Waals surface area contributed by atoms with Gasteiger partial charge in [-0.15, -0.1) is 0 Å². The van der Waals surface area contributed by atoms with Crippen LogP contribution in [0.5, 0.6) is 0 Å². The van der Waals surface area contributed by atoms with E-state index in [1.54, 1.807) is 24.3 Å². The minimum absolute atomic E-state index is 0.193. The fraction of sp³-hybridized carbons (Fsp3) is 0.167. The molecule has 2 N–H and O–H groups in total. The second-order valence-corrected chi connectivity index (χ2v) is 9.00. The summed E-state index contributed by atoms with van der Waals surface area (Å²) in [6.07, 6.45) is 2.48. The van der Waals surface area contributed by atoms with Crippen molar-refractivity contribution in [2.45, 2.75) is 32.6 Å². The first-order valence-corrected chi connectivity index (χ1v) is 12.5. The van der Waals surface area contributed by atoms with Gasteiger partial charge in [-0.25, -0.2) is 5.43 Å². The average Bonchev–Trinajstić information content (AvgIpc) is 3.30. The molecule has 0 radical (unpaired) electrons. The zero-order valence-corrected chi connectivity index (χ0v) is 21.0. The van der Waals surface area contributed by atoms with Gasteiger partial charge in [0.25, 0.3) is 5.91 Å². The van der Waals surface area contributed by atoms with Crippen molar-refractivity contribution in [1.29, 1.82) is 0 Å². The number of nitrogens with zero attached hydrogens (tertiary/aromatic N) is 3. The van der Waals surface area contributed by atoms with Crippen LogP contribution in [0, 0.1) is 6.92 Å². The third kappa shape index (κ3) is 5.92. The summed E-state index contributed by atoms with van der Waals surface area (Å²) >= 11 is 0. The molecule has 0 spiro atoms. The molecule has 0 unspecified atom stereocenters. The third-order valence-corrected chi connectivity index (χ3v) is 6.22. The van der Waals surface area contributed by atoms with Crippen LogP contribution in [0.3, 0.4) is 0 Å². The number of furan rings is 1. The van der Waals surface area contributed by atoms with Gasteiger partial charge in [-0.3, -0.25) is 9.59 Å². The summed E-state index contributed by atoms with van der Waals surface area (Å²) in [6.45, 7) is 1.84. The summed E-state index contributed by atoms with van der Waals surface area (Å²) < 4.78 is 5.98. The van der Waals surface area contributed by atoms with Gasteiger partial charge in [0.15, 0.2) is 5.76 Å². The molecule has 0 saturated carbocycles. The SMILES string of the molecule is Cc1c(C(=O)Nc2ccc(N=Nc3ccccc3)cc2)oc2c1C(=NNC(=O)Cc1ccccc1)CCC2. The number of hydrogen-bond donors (Lipinski definition) is 2. The molecule has 0 bridgehead atoms. The molecule has 2 amide bonds. The van der Waals surface area contributed by atoms with Gasteiger partial charge in [-0.1, -0.05) is 48.5 Å². The van der Waals surface area contributed by atoms with Crippen LogP contribution in [-0.2, 0) is 17.6 Å². The number of azo groups is 1. The fourth-order valence-corrected chi connectivity index (χ4v) is 4.36. The van der Waals surface area contributed by atoms with Crippen LogP contribution in [0.1, 0.15) is 45.8 Å². The van der Waals surface area contributed by atoms with Crippen molar-refractivity contribution in [3.05, 3.63) is 113 Å². The second-order valence-electron chi connectivity index (χ2n) is 9.00. The number of nitrogens with one attached hydrogen (secondary N) is 2. The van der Waals surface area contributed by atoms with Crippen molar-refractivity contribution >= 4 is 34.6 Å². The predicted molar refractivity (Wildman–Crippen MR) is 146 cm³/mol. The topological polar surface area (TPSA) is 108 Å². The van der Waals surface area contributed by atoms with Gasteiger partial charge in [0.2, 0.25) is 5.91 Å². The van der Waals surface area contributed by atoms with E-state index in [2.05, 4.69) is 26.1 Å². The van der Waals surface area contributed by atoms with E-state index in [4.69, 9.17) is 4.42 Å². The number of rotatable bonds is 7. The van der Waals surface area contributed by atoms with Crippen LogP contribution in [0.4, 0.5) is 17.1 Å². The molecular weight excluding hydrogens is 478 g/mol. The molecule has 5 rings (SSSR count). The Morgan fingerprint density at radius 2 is 1.50 bits per heavy atom. The number of fused-ring (bicyclic) bond motifs is 1. The summed E-state index contributed by atoms with van der Waals surface area (Å²) in [6, 6.07) is 26.1. The van der Waals surface area contributed by atoms with Crippen molar-refractivity contribution in [3.63, 3.8) is 0 Å². The van der Waals surface area contributed by atoms with Gasteiger partial charge >= 0.3 is 0 Å². The van der Waals surface area contributed by atoms with E-state index >= 15 is 0 Å². The molecule has 3 aromatic carbocycles. The number of amides is 2. The van der Waals surface area contributed by atoms with E-state index < -0.39 is 0 Å². The molecule has 8 nitrogen and oxygen atoms in total. The Kier molecular flexibility index (Phi) is 7.49. The first kappa shape index (κ1) is 24.8. The van der Waals surface area contributed by atoms with Crippen LogP contribution in [0.25, 0.3) is 0 Å². The Labute approximate surface area is 220 Å². The first-order valence-electron chi connectivity index (χ1n) is 12.5. The summed E-state index contributed by atoms with van der Waals surface area (Å²) in [7, 11) is 0. The lowest BCUT2D eigenvalue weighted by molar-refractivity contribution is -0.120. The van der Waals surface area contributed by atoms with Gasteiger partial charge in [0.05, 0.1) is 23.5 Å². The second kappa shape index (κ2) is 11.5. The fourth-order valence-electron chi connectivity index (χ4n) is 4.36. The van der Waals surface area contributed by atoms with E-state index in [0.29, 0.717) is 35.5 Å². The first-order chi connectivity index (χ1) is 18.6. The van der Waals surface area contributed by atoms with Crippen LogP contribution in [0.15, 0.2) is 105 Å². The van der Waals surface area contributed by atoms with Gasteiger partial charge in [-0.2, -0.15) is 15.3 Å². The zero-order chi connectivity index (χ0) is 26.3. The van der Waals surface area contributed by atoms with Crippen molar-refractivity contribution in [3.8, 4) is 0 Å². The van der Waals surface area contributed by atoms with E-state index in [0.717, 1.165) is 28.9 Å². The highest BCUT2D eigenvalue weighted by Gasteiger charge is 2.28. The largest absolute Gasteiger partial charge is 0.455 e. The van der Waals surface area contributed by atoms with Crippen LogP contribution < -0.4 is 10.7 Å². The van der Waals surface area contributed by atoms with Crippen molar-refractivity contribution < 1.29 is 14.0 Å². The van der Waals surface area contributed by atoms with Crippen molar-refractivity contribution in [2.75, 3.05) is 5.32 Å². The molecule has 0 aliphatic heterocycles. The Bertz CT molecular complexity index is 1490. The normalized spacial score (nSPS) is 13.9. The van der Waals surface area contributed by atoms with Crippen molar-refractivity contribution in [2.24, 2.45) is 15.3 Å². The van der Waals surface area contributed by atoms with Gasteiger partial charge < -0.3 is 9.73 Å². The number of benzene rings is 3. The predicted octanol–water partition coefficient (Wildman–Crippen LogP) is 6.66. The molecule has 4 aromatic rings. The molecule has 1 aliphatic rings. The van der Waals surface area contributed by atoms with E-state index in [1.165, 1.54) is 0 Å². The van der Waals surface area contributed by atoms with E-state index in [9.17, 15) is 9.59 Å². The highest BCUT2D eigenvalue weighted by Crippen LogP contribution is 2.30. The zero-order valence-electron chi connectivity index (χ0n) is 21.0. The molecule has 38 heavy (non-hydrogen) atoms. The maximum atomic E-state index is 13.1. The van der Waals surface area contributed by atoms with Gasteiger partial charge in [-0.05, 0) is 61.7 Å². The lowest BCUT2D eigenvalue weighted by Crippen LogP contribution is -2.23. The molecule has 8 heteroatoms. The minimum Gasteiger partial charge on any atom is -0.455 e. The molecule has 1 heterocycles. The Balaban J connectivity index is 1.26. The van der Waals surface area contributed by atoms with Gasteiger partial charge in [0.1, 0.15) is 5.76 Å². The molecule has 0 saturated heterocycles. The minimum atomic E-state index is -0.344. The quantitative estimate of drug-likeness (QED) is 0.217. The number of carbonyl (C=O) groups is 2. The molecule has 1 aromatic heterocycles. The van der Waals surface area contributed by atoms with Crippen molar-refractivity contribution in [1.82, 2.24) is 5.43 Å². The summed E-state index contributed by atoms with van der Waals surface area (Å²) in [5, 5.41) is 15.7. The van der Waals surface area contributed by atoms with Crippen LogP contribution in [0.2, 0.25) is 0 Å². The molecule has 0 fully saturated rings. The average molecular weight is 506 g/mol. The molecular formula is C30H27N5O3. The number of aryl methyl sites for hydroxylation is 1. The highest BCUT2D eigenvalue weighted by atomic mass is 16.4. The monoisotopic (exact) mass is 505 g/mol. The maximum absolute atomic E-state index is 13.1. The standard InChI is InChI=1S/C30H27N5O3/c1-20-28-25(34-35-27(36)19-21-9-4-2-5-10-21)13-8-14-26(28)38-29(20)30(37)31-22-15-17-24(18-16-22)33-32-23-11-6-3-7-12-23/h2-7,9-12,15-18H,8,13-14,19H2,1H3,(H,31,37)(H,35,36). The Morgan fingerprint density at radius 3 is 2.21 bits per heavy atom. The maximum Gasteiger partial charge on any atom is 0.291 e. The molecule has 0 atom stereocenters. The molecule has 1 aliphatic carbocycles. The number of carbonyl (C=O) groups excluding carboxylic acids is 2. The van der Waals surface area contributed by atoms with Crippen LogP contribution in [-0.4, -0.2) is 17.5 Å². The Morgan fingerprint density at radius 1 is 0.842 bits per heavy atom. The smallest absolute Gasteiger partial charge is 0.291 e. The summed E-state index contributed by atoms with van der Waals surface area (Å²) in [4.78, 5) is 25.5. The van der Waals surface area contributed by atoms with Gasteiger partial charge in [0, 0.05) is 23.2 Å². The van der Waals surface area contributed by atoms with E-state index in [1.807, 2.05) is 67.6 Å². The summed E-state index contributed by atoms with van der Waals surface area (Å²) in [5.74, 6) is 0.421. The summed E-state index contributed by atoms with van der Waals surface area (Å²) in [5.41, 5.74) is 7.87. The number of hydrogen-bond acceptors (Lipinski definition) is 6. The lowest BCUT2D eigenvalue weighted by atomic mass is 9.93. The third-order valence-electron chi connectivity index (χ3n) is 6.22. The molecule has 190 valence electrons. The van der Waals surface area contributed by atoms with Crippen LogP contribution >= 0.6 is 0 Å².